The average Bonchev–Trinajstić information content (AvgIpc) is 2.42. The van der Waals surface area contributed by atoms with Crippen LogP contribution in [0.3, 0.4) is 0 Å². The van der Waals surface area contributed by atoms with Gasteiger partial charge in [-0.15, -0.1) is 0 Å². The number of benzene rings is 1. The highest BCUT2D eigenvalue weighted by Gasteiger charge is 2.07. The Balaban J connectivity index is 2.11. The molecule has 0 unspecified atom stereocenters. The highest BCUT2D eigenvalue weighted by molar-refractivity contribution is 5.95. The molecule has 0 aliphatic heterocycles. The number of nitrogens with one attached hydrogen (secondary N) is 1. The van der Waals surface area contributed by atoms with Crippen molar-refractivity contribution >= 4 is 5.78 Å². The molecule has 0 saturated carbocycles. The Labute approximate surface area is 113 Å². The van der Waals surface area contributed by atoms with Gasteiger partial charge in [-0.05, 0) is 31.2 Å². The Morgan fingerprint density at radius 2 is 1.90 bits per heavy atom. The summed E-state index contributed by atoms with van der Waals surface area (Å²) in [5, 5.41) is 0. The molecule has 1 aromatic heterocycles. The third-order valence-corrected chi connectivity index (χ3v) is 2.93. The number of aryl methyl sites for hydroxylation is 2. The van der Waals surface area contributed by atoms with Crippen LogP contribution in [0.25, 0.3) is 0 Å². The van der Waals surface area contributed by atoms with Gasteiger partial charge in [0, 0.05) is 30.3 Å². The topological polar surface area (TPSA) is 71.9 Å². The number of hydrogen-bond donors (Lipinski definition) is 1. The Bertz CT molecular complexity index is 744. The maximum Gasteiger partial charge on any atom is 0.328 e. The minimum absolute atomic E-state index is 0.0943. The van der Waals surface area contributed by atoms with Gasteiger partial charge in [0.15, 0.2) is 5.78 Å². The fourth-order valence-electron chi connectivity index (χ4n) is 1.79. The fourth-order valence-corrected chi connectivity index (χ4v) is 1.79. The van der Waals surface area contributed by atoms with E-state index in [2.05, 4.69) is 4.98 Å². The molecule has 1 N–H and O–H groups in total. The predicted molar refractivity (Wildman–Crippen MR) is 71.4 cm³/mol. The number of ketones is 1. The highest BCUT2D eigenvalue weighted by atomic mass is 19.1. The van der Waals surface area contributed by atoms with Crippen LogP contribution in [0.2, 0.25) is 0 Å². The van der Waals surface area contributed by atoms with Gasteiger partial charge < -0.3 is 0 Å². The summed E-state index contributed by atoms with van der Waals surface area (Å²) in [5.41, 5.74) is -0.192. The Morgan fingerprint density at radius 1 is 1.25 bits per heavy atom. The zero-order valence-corrected chi connectivity index (χ0v) is 10.9. The summed E-state index contributed by atoms with van der Waals surface area (Å²) in [6.45, 7) is 1.74. The zero-order chi connectivity index (χ0) is 14.7. The number of rotatable bonds is 4. The van der Waals surface area contributed by atoms with Crippen molar-refractivity contribution in [2.45, 2.75) is 19.9 Å². The summed E-state index contributed by atoms with van der Waals surface area (Å²) in [6, 6.07) is 5.23. The molecule has 0 aliphatic carbocycles. The van der Waals surface area contributed by atoms with E-state index in [1.165, 1.54) is 35.0 Å². The van der Waals surface area contributed by atoms with Crippen LogP contribution in [0.5, 0.6) is 0 Å². The molecule has 20 heavy (non-hydrogen) atoms. The first-order valence-electron chi connectivity index (χ1n) is 6.06. The fraction of sp³-hybridized carbons (Fsp3) is 0.214. The van der Waals surface area contributed by atoms with E-state index < -0.39 is 17.1 Å². The number of Topliss-reactive ketones (excluding diaryl/α,β-unsaturated/α-hetero) is 1. The van der Waals surface area contributed by atoms with E-state index in [0.717, 1.165) is 0 Å². The van der Waals surface area contributed by atoms with Gasteiger partial charge >= 0.3 is 5.69 Å². The Kier molecular flexibility index (Phi) is 3.93. The van der Waals surface area contributed by atoms with Gasteiger partial charge in [0.1, 0.15) is 5.82 Å². The minimum atomic E-state index is -0.549. The van der Waals surface area contributed by atoms with Gasteiger partial charge in [0.05, 0.1) is 0 Å². The number of halogens is 1. The van der Waals surface area contributed by atoms with Gasteiger partial charge in [0.2, 0.25) is 0 Å². The molecular formula is C14H13FN2O3. The highest BCUT2D eigenvalue weighted by Crippen LogP contribution is 2.06. The number of nitrogens with zero attached hydrogens (tertiary/aromatic N) is 1. The second kappa shape index (κ2) is 5.64. The summed E-state index contributed by atoms with van der Waals surface area (Å²) in [4.78, 5) is 36.8. The van der Waals surface area contributed by atoms with Crippen molar-refractivity contribution in [1.29, 1.82) is 0 Å². The van der Waals surface area contributed by atoms with E-state index in [9.17, 15) is 18.8 Å². The Morgan fingerprint density at radius 3 is 2.55 bits per heavy atom. The van der Waals surface area contributed by atoms with Crippen molar-refractivity contribution < 1.29 is 9.18 Å². The van der Waals surface area contributed by atoms with Crippen LogP contribution in [0.1, 0.15) is 22.3 Å². The molecule has 0 aliphatic rings. The van der Waals surface area contributed by atoms with Crippen molar-refractivity contribution in [2.24, 2.45) is 0 Å². The van der Waals surface area contributed by atoms with Crippen LogP contribution in [-0.4, -0.2) is 15.3 Å². The predicted octanol–water partition coefficient (Wildman–Crippen LogP) is 1.26. The van der Waals surface area contributed by atoms with Gasteiger partial charge in [-0.3, -0.25) is 19.1 Å². The van der Waals surface area contributed by atoms with E-state index in [1.54, 1.807) is 6.92 Å². The summed E-state index contributed by atoms with van der Waals surface area (Å²) < 4.78 is 14.0. The lowest BCUT2D eigenvalue weighted by Gasteiger charge is -2.05. The second-order valence-electron chi connectivity index (χ2n) is 4.44. The maximum absolute atomic E-state index is 12.7. The molecule has 0 atom stereocenters. The molecule has 5 nitrogen and oxygen atoms in total. The lowest BCUT2D eigenvalue weighted by Crippen LogP contribution is -2.31. The maximum atomic E-state index is 12.7. The molecular weight excluding hydrogens is 263 g/mol. The third-order valence-electron chi connectivity index (χ3n) is 2.93. The lowest BCUT2D eigenvalue weighted by molar-refractivity contribution is 0.0976. The molecule has 2 rings (SSSR count). The monoisotopic (exact) mass is 276 g/mol. The van der Waals surface area contributed by atoms with E-state index in [-0.39, 0.29) is 18.7 Å². The van der Waals surface area contributed by atoms with Crippen LogP contribution in [0.4, 0.5) is 4.39 Å². The van der Waals surface area contributed by atoms with Gasteiger partial charge in [0.25, 0.3) is 5.56 Å². The second-order valence-corrected chi connectivity index (χ2v) is 4.44. The summed E-state index contributed by atoms with van der Waals surface area (Å²) >= 11 is 0. The number of carbonyl (C=O) groups is 1. The minimum Gasteiger partial charge on any atom is -0.300 e. The molecule has 0 radical (unpaired) electrons. The van der Waals surface area contributed by atoms with Crippen molar-refractivity contribution in [2.75, 3.05) is 0 Å². The first-order valence-corrected chi connectivity index (χ1v) is 6.06. The molecule has 2 aromatic rings. The number of hydrogen-bond acceptors (Lipinski definition) is 3. The molecule has 0 bridgehead atoms. The van der Waals surface area contributed by atoms with Crippen LogP contribution >= 0.6 is 0 Å². The van der Waals surface area contributed by atoms with E-state index in [0.29, 0.717) is 11.1 Å². The van der Waals surface area contributed by atoms with Crippen LogP contribution in [0, 0.1) is 12.7 Å². The van der Waals surface area contributed by atoms with Crippen molar-refractivity contribution in [3.63, 3.8) is 0 Å². The molecule has 0 fully saturated rings. The number of H-pyrrole nitrogens is 1. The normalized spacial score (nSPS) is 10.5. The summed E-state index contributed by atoms with van der Waals surface area (Å²) in [5.74, 6) is -0.602. The number of aromatic nitrogens is 2. The quantitative estimate of drug-likeness (QED) is 0.854. The van der Waals surface area contributed by atoms with Gasteiger partial charge in [-0.25, -0.2) is 9.18 Å². The number of carbonyl (C=O) groups excluding carboxylic acids is 1. The van der Waals surface area contributed by atoms with Crippen molar-refractivity contribution in [3.05, 3.63) is 68.2 Å². The van der Waals surface area contributed by atoms with E-state index in [1.807, 2.05) is 0 Å². The SMILES string of the molecule is Cc1cn(CCC(=O)c2ccc(F)cc2)c(=O)[nH]c1=O. The van der Waals surface area contributed by atoms with Crippen molar-refractivity contribution in [1.82, 2.24) is 9.55 Å². The first-order chi connectivity index (χ1) is 9.47. The first kappa shape index (κ1) is 13.9. The van der Waals surface area contributed by atoms with Gasteiger partial charge in [-0.1, -0.05) is 0 Å². The van der Waals surface area contributed by atoms with Crippen LogP contribution in [0.15, 0.2) is 40.1 Å². The summed E-state index contributed by atoms with van der Waals surface area (Å²) in [6.07, 6.45) is 1.51. The smallest absolute Gasteiger partial charge is 0.300 e. The zero-order valence-electron chi connectivity index (χ0n) is 10.9. The molecule has 6 heteroatoms. The average molecular weight is 276 g/mol. The lowest BCUT2D eigenvalue weighted by atomic mass is 10.1. The molecule has 0 spiro atoms. The molecule has 1 aromatic carbocycles. The molecule has 104 valence electrons. The van der Waals surface area contributed by atoms with Gasteiger partial charge in [-0.2, -0.15) is 0 Å². The molecule has 1 heterocycles. The van der Waals surface area contributed by atoms with Crippen LogP contribution in [-0.2, 0) is 6.54 Å². The Hall–Kier alpha value is -2.50. The standard InChI is InChI=1S/C14H13FN2O3/c1-9-8-17(14(20)16-13(9)19)7-6-12(18)10-2-4-11(15)5-3-10/h2-5,8H,6-7H2,1H3,(H,16,19,20). The van der Waals surface area contributed by atoms with Crippen molar-refractivity contribution in [3.8, 4) is 0 Å². The third kappa shape index (κ3) is 3.09. The van der Waals surface area contributed by atoms with Crippen LogP contribution < -0.4 is 11.2 Å². The largest absolute Gasteiger partial charge is 0.328 e. The molecule has 0 amide bonds. The molecule has 0 saturated heterocycles. The van der Waals surface area contributed by atoms with E-state index >= 15 is 0 Å². The summed E-state index contributed by atoms with van der Waals surface area (Å²) in [7, 11) is 0. The number of aromatic amines is 1. The van der Waals surface area contributed by atoms with E-state index in [4.69, 9.17) is 0 Å².